The first-order valence-corrected chi connectivity index (χ1v) is 9.95. The van der Waals surface area contributed by atoms with Crippen molar-refractivity contribution >= 4 is 40.0 Å². The number of nitrogens with one attached hydrogen (secondary N) is 2. The van der Waals surface area contributed by atoms with E-state index in [1.807, 2.05) is 6.92 Å². The Balaban J connectivity index is 1.58. The van der Waals surface area contributed by atoms with Crippen LogP contribution in [-0.2, 0) is 11.2 Å². The largest absolute Gasteiger partial charge is 0.358 e. The molecule has 2 N–H and O–H groups in total. The summed E-state index contributed by atoms with van der Waals surface area (Å²) in [5, 5.41) is 3.96. The number of rotatable bonds is 4. The number of likely N-dealkylation sites (tertiary alicyclic amines) is 1. The number of hydrogen-bond donors (Lipinski definition) is 2. The molecule has 0 spiro atoms. The number of carbonyl (C=O) groups excluding carboxylic acids is 2. The molecule has 0 unspecified atom stereocenters. The van der Waals surface area contributed by atoms with Gasteiger partial charge in [0.2, 0.25) is 5.91 Å². The lowest BCUT2D eigenvalue weighted by Gasteiger charge is -2.18. The fraction of sp³-hybridized carbons (Fsp3) is 0.273. The van der Waals surface area contributed by atoms with Crippen molar-refractivity contribution in [2.45, 2.75) is 26.2 Å². The van der Waals surface area contributed by atoms with Crippen molar-refractivity contribution in [2.24, 2.45) is 0 Å². The van der Waals surface area contributed by atoms with Crippen LogP contribution in [0.1, 0.15) is 34.5 Å². The highest BCUT2D eigenvalue weighted by Crippen LogP contribution is 2.26. The summed E-state index contributed by atoms with van der Waals surface area (Å²) in [5.41, 5.74) is 3.14. The summed E-state index contributed by atoms with van der Waals surface area (Å²) in [7, 11) is 0. The summed E-state index contributed by atoms with van der Waals surface area (Å²) < 4.78 is 13.7. The summed E-state index contributed by atoms with van der Waals surface area (Å²) in [4.78, 5) is 30.6. The van der Waals surface area contributed by atoms with Gasteiger partial charge in [0.15, 0.2) is 0 Å². The molecule has 1 aromatic heterocycles. The Kier molecular flexibility index (Phi) is 5.28. The predicted octanol–water partition coefficient (Wildman–Crippen LogP) is 4.69. The number of aryl methyl sites for hydroxylation is 1. The standard InChI is InChI=1S/C22H21ClFN3O2/c1-13-16(17-11-15(24)5-7-19(17)25-13)12-21(28)26-20-6-4-14(23)10-18(20)22(29)27-8-2-3-9-27/h4-7,10-11,25H,2-3,8-9,12H2,1H3,(H,26,28). The molecule has 150 valence electrons. The number of benzene rings is 2. The van der Waals surface area contributed by atoms with Crippen LogP contribution in [0.15, 0.2) is 36.4 Å². The molecule has 2 aromatic carbocycles. The third kappa shape index (κ3) is 3.98. The molecule has 7 heteroatoms. The second-order valence-electron chi connectivity index (χ2n) is 7.33. The molecular formula is C22H21ClFN3O2. The van der Waals surface area contributed by atoms with Crippen molar-refractivity contribution in [3.05, 3.63) is 64.1 Å². The van der Waals surface area contributed by atoms with E-state index >= 15 is 0 Å². The van der Waals surface area contributed by atoms with E-state index in [0.29, 0.717) is 34.7 Å². The predicted molar refractivity (Wildman–Crippen MR) is 112 cm³/mol. The molecule has 0 bridgehead atoms. The highest BCUT2D eigenvalue weighted by atomic mass is 35.5. The van der Waals surface area contributed by atoms with Crippen LogP contribution in [0.25, 0.3) is 10.9 Å². The SMILES string of the molecule is Cc1[nH]c2ccc(F)cc2c1CC(=O)Nc1ccc(Cl)cc1C(=O)N1CCCC1. The molecule has 0 radical (unpaired) electrons. The van der Waals surface area contributed by atoms with E-state index in [1.165, 1.54) is 12.1 Å². The van der Waals surface area contributed by atoms with Gasteiger partial charge in [0.25, 0.3) is 5.91 Å². The number of H-pyrrole nitrogens is 1. The smallest absolute Gasteiger partial charge is 0.256 e. The van der Waals surface area contributed by atoms with Gasteiger partial charge < -0.3 is 15.2 Å². The van der Waals surface area contributed by atoms with Crippen LogP contribution in [-0.4, -0.2) is 34.8 Å². The molecule has 1 aliphatic rings. The van der Waals surface area contributed by atoms with Gasteiger partial charge >= 0.3 is 0 Å². The Morgan fingerprint density at radius 1 is 1.17 bits per heavy atom. The zero-order valence-electron chi connectivity index (χ0n) is 16.0. The van der Waals surface area contributed by atoms with E-state index < -0.39 is 0 Å². The molecule has 1 aliphatic heterocycles. The van der Waals surface area contributed by atoms with Crippen molar-refractivity contribution in [1.82, 2.24) is 9.88 Å². The number of anilines is 1. The third-order valence-corrected chi connectivity index (χ3v) is 5.53. The van der Waals surface area contributed by atoms with E-state index in [4.69, 9.17) is 11.6 Å². The highest BCUT2D eigenvalue weighted by Gasteiger charge is 2.23. The first-order valence-electron chi connectivity index (χ1n) is 9.58. The second-order valence-corrected chi connectivity index (χ2v) is 7.77. The Morgan fingerprint density at radius 3 is 2.69 bits per heavy atom. The lowest BCUT2D eigenvalue weighted by Crippen LogP contribution is -2.29. The Bertz CT molecular complexity index is 1100. The second kappa shape index (κ2) is 7.87. The Labute approximate surface area is 172 Å². The van der Waals surface area contributed by atoms with Crippen LogP contribution in [0, 0.1) is 12.7 Å². The van der Waals surface area contributed by atoms with Crippen LogP contribution >= 0.6 is 11.6 Å². The van der Waals surface area contributed by atoms with E-state index in [1.54, 1.807) is 29.2 Å². The molecule has 29 heavy (non-hydrogen) atoms. The van der Waals surface area contributed by atoms with Crippen LogP contribution in [0.3, 0.4) is 0 Å². The van der Waals surface area contributed by atoms with Gasteiger partial charge in [-0.1, -0.05) is 11.6 Å². The van der Waals surface area contributed by atoms with Crippen molar-refractivity contribution in [2.75, 3.05) is 18.4 Å². The van der Waals surface area contributed by atoms with Crippen LogP contribution in [0.5, 0.6) is 0 Å². The van der Waals surface area contributed by atoms with Gasteiger partial charge in [-0.15, -0.1) is 0 Å². The van der Waals surface area contributed by atoms with Crippen molar-refractivity contribution < 1.29 is 14.0 Å². The zero-order chi connectivity index (χ0) is 20.5. The van der Waals surface area contributed by atoms with Gasteiger partial charge in [-0.05, 0) is 61.7 Å². The minimum absolute atomic E-state index is 0.0647. The minimum Gasteiger partial charge on any atom is -0.358 e. The van der Waals surface area contributed by atoms with E-state index in [-0.39, 0.29) is 24.1 Å². The fourth-order valence-electron chi connectivity index (χ4n) is 3.83. The van der Waals surface area contributed by atoms with Gasteiger partial charge in [-0.2, -0.15) is 0 Å². The number of hydrogen-bond acceptors (Lipinski definition) is 2. The number of fused-ring (bicyclic) bond motifs is 1. The molecule has 1 fully saturated rings. The summed E-state index contributed by atoms with van der Waals surface area (Å²) in [6, 6.07) is 9.34. The number of aromatic nitrogens is 1. The molecule has 2 heterocycles. The first kappa shape index (κ1) is 19.5. The number of aromatic amines is 1. The van der Waals surface area contributed by atoms with Gasteiger partial charge in [-0.3, -0.25) is 9.59 Å². The van der Waals surface area contributed by atoms with E-state index in [0.717, 1.165) is 29.6 Å². The van der Waals surface area contributed by atoms with Gasteiger partial charge in [0.1, 0.15) is 5.82 Å². The molecule has 2 amide bonds. The van der Waals surface area contributed by atoms with Crippen molar-refractivity contribution in [1.29, 1.82) is 0 Å². The molecule has 3 aromatic rings. The average Bonchev–Trinajstić information content (AvgIpc) is 3.32. The van der Waals surface area contributed by atoms with Crippen LogP contribution in [0.2, 0.25) is 5.02 Å². The quantitative estimate of drug-likeness (QED) is 0.651. The van der Waals surface area contributed by atoms with E-state index in [2.05, 4.69) is 10.3 Å². The van der Waals surface area contributed by atoms with Gasteiger partial charge in [-0.25, -0.2) is 4.39 Å². The van der Waals surface area contributed by atoms with E-state index in [9.17, 15) is 14.0 Å². The first-order chi connectivity index (χ1) is 13.9. The maximum atomic E-state index is 13.7. The average molecular weight is 414 g/mol. The van der Waals surface area contributed by atoms with Crippen molar-refractivity contribution in [3.63, 3.8) is 0 Å². The van der Waals surface area contributed by atoms with Crippen molar-refractivity contribution in [3.8, 4) is 0 Å². The summed E-state index contributed by atoms with van der Waals surface area (Å²) in [5.74, 6) is -0.768. The number of nitrogens with zero attached hydrogens (tertiary/aromatic N) is 1. The number of carbonyl (C=O) groups is 2. The molecule has 4 rings (SSSR count). The summed E-state index contributed by atoms with van der Waals surface area (Å²) >= 11 is 6.10. The minimum atomic E-state index is -0.352. The highest BCUT2D eigenvalue weighted by molar-refractivity contribution is 6.31. The maximum absolute atomic E-state index is 13.7. The number of halogens is 2. The Morgan fingerprint density at radius 2 is 1.93 bits per heavy atom. The normalized spacial score (nSPS) is 13.8. The van der Waals surface area contributed by atoms with Gasteiger partial charge in [0, 0.05) is 34.7 Å². The fourth-order valence-corrected chi connectivity index (χ4v) is 4.00. The summed E-state index contributed by atoms with van der Waals surface area (Å²) in [6.45, 7) is 3.27. The van der Waals surface area contributed by atoms with Gasteiger partial charge in [0.05, 0.1) is 17.7 Å². The number of amides is 2. The summed E-state index contributed by atoms with van der Waals surface area (Å²) in [6.07, 6.45) is 2.02. The molecule has 5 nitrogen and oxygen atoms in total. The Hall–Kier alpha value is -2.86. The molecular weight excluding hydrogens is 393 g/mol. The maximum Gasteiger partial charge on any atom is 0.256 e. The molecule has 0 aliphatic carbocycles. The zero-order valence-corrected chi connectivity index (χ0v) is 16.8. The third-order valence-electron chi connectivity index (χ3n) is 5.30. The lowest BCUT2D eigenvalue weighted by atomic mass is 10.1. The lowest BCUT2D eigenvalue weighted by molar-refractivity contribution is -0.115. The monoisotopic (exact) mass is 413 g/mol. The topological polar surface area (TPSA) is 65.2 Å². The molecule has 0 saturated carbocycles. The molecule has 0 atom stereocenters. The van der Waals surface area contributed by atoms with Crippen LogP contribution in [0.4, 0.5) is 10.1 Å². The van der Waals surface area contributed by atoms with Crippen LogP contribution < -0.4 is 5.32 Å². The molecule has 1 saturated heterocycles.